The lowest BCUT2D eigenvalue weighted by atomic mass is 9.98. The molecule has 21 heavy (non-hydrogen) atoms. The Kier molecular flexibility index (Phi) is 3.20. The normalized spacial score (nSPS) is 23.7. The molecule has 4 rings (SSSR count). The van der Waals surface area contributed by atoms with Crippen LogP contribution in [-0.2, 0) is 0 Å². The summed E-state index contributed by atoms with van der Waals surface area (Å²) in [7, 11) is 0. The molecule has 1 fully saturated rings. The SMILES string of the molecule is C1=C(c2ccc(Oc3ccncc3)cc2)CC2CNCC12. The van der Waals surface area contributed by atoms with Crippen LogP contribution in [0.4, 0.5) is 0 Å². The molecule has 2 aliphatic rings. The van der Waals surface area contributed by atoms with Crippen molar-refractivity contribution in [3.63, 3.8) is 0 Å². The van der Waals surface area contributed by atoms with Gasteiger partial charge in [0.25, 0.3) is 0 Å². The lowest BCUT2D eigenvalue weighted by Gasteiger charge is -2.08. The van der Waals surface area contributed by atoms with E-state index >= 15 is 0 Å². The van der Waals surface area contributed by atoms with Gasteiger partial charge in [-0.1, -0.05) is 18.2 Å². The lowest BCUT2D eigenvalue weighted by Crippen LogP contribution is -2.09. The zero-order chi connectivity index (χ0) is 14.1. The number of fused-ring (bicyclic) bond motifs is 1. The van der Waals surface area contributed by atoms with Crippen molar-refractivity contribution < 1.29 is 4.74 Å². The third-order valence-corrected chi connectivity index (χ3v) is 4.40. The molecule has 106 valence electrons. The van der Waals surface area contributed by atoms with Gasteiger partial charge in [-0.2, -0.15) is 0 Å². The summed E-state index contributed by atoms with van der Waals surface area (Å²) in [6, 6.07) is 12.1. The van der Waals surface area contributed by atoms with E-state index in [1.54, 1.807) is 12.4 Å². The minimum Gasteiger partial charge on any atom is -0.457 e. The van der Waals surface area contributed by atoms with E-state index in [1.165, 1.54) is 17.6 Å². The number of aromatic nitrogens is 1. The Labute approximate surface area is 124 Å². The molecule has 2 heterocycles. The minimum absolute atomic E-state index is 0.729. The maximum Gasteiger partial charge on any atom is 0.130 e. The number of benzene rings is 1. The van der Waals surface area contributed by atoms with Crippen LogP contribution in [0.5, 0.6) is 11.5 Å². The van der Waals surface area contributed by atoms with Crippen LogP contribution in [0.25, 0.3) is 5.57 Å². The van der Waals surface area contributed by atoms with Gasteiger partial charge in [-0.25, -0.2) is 0 Å². The predicted octanol–water partition coefficient (Wildman–Crippen LogP) is 3.50. The van der Waals surface area contributed by atoms with Crippen LogP contribution in [0.2, 0.25) is 0 Å². The maximum absolute atomic E-state index is 5.80. The van der Waals surface area contributed by atoms with E-state index in [0.29, 0.717) is 0 Å². The van der Waals surface area contributed by atoms with Crippen molar-refractivity contribution >= 4 is 5.57 Å². The van der Waals surface area contributed by atoms with E-state index in [0.717, 1.165) is 36.4 Å². The monoisotopic (exact) mass is 278 g/mol. The number of allylic oxidation sites excluding steroid dienone is 1. The first-order valence-electron chi connectivity index (χ1n) is 7.48. The summed E-state index contributed by atoms with van der Waals surface area (Å²) in [5.41, 5.74) is 2.81. The maximum atomic E-state index is 5.80. The zero-order valence-electron chi connectivity index (χ0n) is 11.8. The van der Waals surface area contributed by atoms with Gasteiger partial charge in [0.2, 0.25) is 0 Å². The molecule has 2 atom stereocenters. The molecule has 1 aliphatic heterocycles. The van der Waals surface area contributed by atoms with Crippen LogP contribution >= 0.6 is 0 Å². The van der Waals surface area contributed by atoms with Crippen molar-refractivity contribution in [3.05, 3.63) is 60.4 Å². The van der Waals surface area contributed by atoms with E-state index in [-0.39, 0.29) is 0 Å². The average Bonchev–Trinajstić information content (AvgIpc) is 3.10. The summed E-state index contributed by atoms with van der Waals surface area (Å²) in [6.07, 6.45) is 7.12. The molecule has 0 amide bonds. The highest BCUT2D eigenvalue weighted by molar-refractivity contribution is 5.69. The number of hydrogen-bond donors (Lipinski definition) is 1. The van der Waals surface area contributed by atoms with E-state index in [2.05, 4.69) is 28.5 Å². The largest absolute Gasteiger partial charge is 0.457 e. The third-order valence-electron chi connectivity index (χ3n) is 4.40. The zero-order valence-corrected chi connectivity index (χ0v) is 11.8. The molecule has 2 unspecified atom stereocenters. The van der Waals surface area contributed by atoms with Gasteiger partial charge in [0.05, 0.1) is 0 Å². The minimum atomic E-state index is 0.729. The Morgan fingerprint density at radius 2 is 1.71 bits per heavy atom. The molecular formula is C18H18N2O. The smallest absolute Gasteiger partial charge is 0.130 e. The third kappa shape index (κ3) is 2.57. The van der Waals surface area contributed by atoms with Gasteiger partial charge in [-0.3, -0.25) is 4.98 Å². The fourth-order valence-corrected chi connectivity index (χ4v) is 3.27. The molecule has 0 saturated carbocycles. The number of ether oxygens (including phenoxy) is 1. The standard InChI is InChI=1S/C18H18N2O/c1-3-17(21-18-5-7-19-8-6-18)4-2-13(1)14-9-15-11-20-12-16(15)10-14/h1-9,15-16,20H,10-12H2. The van der Waals surface area contributed by atoms with E-state index in [1.807, 2.05) is 24.3 Å². The van der Waals surface area contributed by atoms with Crippen molar-refractivity contribution in [1.82, 2.24) is 10.3 Å². The Morgan fingerprint density at radius 3 is 2.48 bits per heavy atom. The van der Waals surface area contributed by atoms with Crippen LogP contribution in [0.15, 0.2) is 54.9 Å². The van der Waals surface area contributed by atoms with Gasteiger partial charge in [0.15, 0.2) is 0 Å². The molecule has 3 nitrogen and oxygen atoms in total. The fraction of sp³-hybridized carbons (Fsp3) is 0.278. The molecular weight excluding hydrogens is 260 g/mol. The van der Waals surface area contributed by atoms with Crippen molar-refractivity contribution in [2.24, 2.45) is 11.8 Å². The Hall–Kier alpha value is -2.13. The van der Waals surface area contributed by atoms with Crippen LogP contribution < -0.4 is 10.1 Å². The van der Waals surface area contributed by atoms with Crippen LogP contribution in [0, 0.1) is 11.8 Å². The topological polar surface area (TPSA) is 34.1 Å². The molecule has 1 aromatic heterocycles. The van der Waals surface area contributed by atoms with Crippen molar-refractivity contribution in [1.29, 1.82) is 0 Å². The number of nitrogens with one attached hydrogen (secondary N) is 1. The van der Waals surface area contributed by atoms with E-state index < -0.39 is 0 Å². The van der Waals surface area contributed by atoms with Crippen molar-refractivity contribution in [2.45, 2.75) is 6.42 Å². The second-order valence-electron chi connectivity index (χ2n) is 5.79. The highest BCUT2D eigenvalue weighted by Crippen LogP contribution is 2.38. The second-order valence-corrected chi connectivity index (χ2v) is 5.79. The molecule has 1 N–H and O–H groups in total. The number of rotatable bonds is 3. The summed E-state index contributed by atoms with van der Waals surface area (Å²) in [5, 5.41) is 3.46. The highest BCUT2D eigenvalue weighted by Gasteiger charge is 2.31. The average molecular weight is 278 g/mol. The van der Waals surface area contributed by atoms with E-state index in [9.17, 15) is 0 Å². The number of nitrogens with zero attached hydrogens (tertiary/aromatic N) is 1. The van der Waals surface area contributed by atoms with Gasteiger partial charge in [-0.15, -0.1) is 0 Å². The number of hydrogen-bond acceptors (Lipinski definition) is 3. The molecule has 3 heteroatoms. The first kappa shape index (κ1) is 12.6. The molecule has 2 aromatic rings. The molecule has 0 bridgehead atoms. The molecule has 0 radical (unpaired) electrons. The van der Waals surface area contributed by atoms with Gasteiger partial charge < -0.3 is 10.1 Å². The van der Waals surface area contributed by atoms with Gasteiger partial charge in [-0.05, 0) is 60.2 Å². The molecule has 1 saturated heterocycles. The second kappa shape index (κ2) is 5.34. The number of pyridine rings is 1. The summed E-state index contributed by atoms with van der Waals surface area (Å²) >= 11 is 0. The van der Waals surface area contributed by atoms with Crippen molar-refractivity contribution in [3.8, 4) is 11.5 Å². The fourth-order valence-electron chi connectivity index (χ4n) is 3.27. The quantitative estimate of drug-likeness (QED) is 0.933. The molecule has 1 aliphatic carbocycles. The van der Waals surface area contributed by atoms with E-state index in [4.69, 9.17) is 4.74 Å². The Morgan fingerprint density at radius 1 is 0.952 bits per heavy atom. The van der Waals surface area contributed by atoms with Crippen LogP contribution in [0.1, 0.15) is 12.0 Å². The Bertz CT molecular complexity index is 649. The van der Waals surface area contributed by atoms with Crippen LogP contribution in [-0.4, -0.2) is 18.1 Å². The molecule has 1 aromatic carbocycles. The summed E-state index contributed by atoms with van der Waals surface area (Å²) < 4.78 is 5.80. The van der Waals surface area contributed by atoms with Crippen molar-refractivity contribution in [2.75, 3.05) is 13.1 Å². The summed E-state index contributed by atoms with van der Waals surface area (Å²) in [5.74, 6) is 3.21. The Balaban J connectivity index is 1.49. The first-order valence-corrected chi connectivity index (χ1v) is 7.48. The van der Waals surface area contributed by atoms with Crippen LogP contribution in [0.3, 0.4) is 0 Å². The van der Waals surface area contributed by atoms with Gasteiger partial charge in [0.1, 0.15) is 11.5 Å². The van der Waals surface area contributed by atoms with Gasteiger partial charge in [0, 0.05) is 18.9 Å². The first-order chi connectivity index (χ1) is 10.4. The summed E-state index contributed by atoms with van der Waals surface area (Å²) in [6.45, 7) is 2.30. The lowest BCUT2D eigenvalue weighted by molar-refractivity contribution is 0.482. The highest BCUT2D eigenvalue weighted by atomic mass is 16.5. The summed E-state index contributed by atoms with van der Waals surface area (Å²) in [4.78, 5) is 3.99. The molecule has 0 spiro atoms. The van der Waals surface area contributed by atoms with Gasteiger partial charge >= 0.3 is 0 Å². The predicted molar refractivity (Wildman–Crippen MR) is 83.2 cm³/mol.